The Balaban J connectivity index is 1.79. The fourth-order valence-corrected chi connectivity index (χ4v) is 2.06. The number of benzene rings is 2. The number of alkyl halides is 3. The number of carbonyl (C=O) groups is 2. The zero-order chi connectivity index (χ0) is 21.3. The van der Waals surface area contributed by atoms with E-state index in [1.807, 2.05) is 0 Å². The predicted molar refractivity (Wildman–Crippen MR) is 99.6 cm³/mol. The van der Waals surface area contributed by atoms with Crippen LogP contribution in [-0.4, -0.2) is 38.4 Å². The molecule has 7 nitrogen and oxygen atoms in total. The van der Waals surface area contributed by atoms with Gasteiger partial charge < -0.3 is 14.8 Å². The van der Waals surface area contributed by atoms with E-state index in [2.05, 4.69) is 20.6 Å². The van der Waals surface area contributed by atoms with E-state index < -0.39 is 23.6 Å². The van der Waals surface area contributed by atoms with Gasteiger partial charge in [0.2, 0.25) is 0 Å². The van der Waals surface area contributed by atoms with Crippen LogP contribution in [0, 0.1) is 0 Å². The molecule has 0 aliphatic rings. The highest BCUT2D eigenvalue weighted by molar-refractivity contribution is 5.84. The van der Waals surface area contributed by atoms with Crippen molar-refractivity contribution < 1.29 is 32.2 Å². The summed E-state index contributed by atoms with van der Waals surface area (Å²) in [7, 11) is 1.26. The van der Waals surface area contributed by atoms with Gasteiger partial charge in [0.05, 0.1) is 25.4 Å². The number of methoxy groups -OCH3 is 1. The summed E-state index contributed by atoms with van der Waals surface area (Å²) in [5.74, 6) is -0.573. The Kier molecular flexibility index (Phi) is 7.58. The number of nitrogens with one attached hydrogen (secondary N) is 2. The fraction of sp³-hybridized carbons (Fsp3) is 0.211. The van der Waals surface area contributed by atoms with E-state index in [0.29, 0.717) is 11.3 Å². The zero-order valence-corrected chi connectivity index (χ0v) is 15.3. The number of carbonyl (C=O) groups excluding carboxylic acids is 2. The minimum absolute atomic E-state index is 0.168. The average molecular weight is 409 g/mol. The summed E-state index contributed by atoms with van der Waals surface area (Å²) in [5.41, 5.74) is 2.28. The molecule has 2 aromatic rings. The number of hydrogen-bond donors (Lipinski definition) is 2. The Morgan fingerprint density at radius 2 is 1.86 bits per heavy atom. The molecular weight excluding hydrogens is 391 g/mol. The van der Waals surface area contributed by atoms with Gasteiger partial charge in [0, 0.05) is 5.69 Å². The molecule has 154 valence electrons. The second-order valence-corrected chi connectivity index (χ2v) is 5.66. The number of amides is 1. The van der Waals surface area contributed by atoms with Gasteiger partial charge >= 0.3 is 12.1 Å². The molecule has 1 amide bonds. The molecular formula is C19H18F3N3O4. The number of anilines is 1. The fourth-order valence-electron chi connectivity index (χ4n) is 2.06. The van der Waals surface area contributed by atoms with Gasteiger partial charge in [-0.05, 0) is 48.0 Å². The molecule has 0 aromatic heterocycles. The molecule has 0 spiro atoms. The highest BCUT2D eigenvalue weighted by atomic mass is 19.4. The predicted octanol–water partition coefficient (Wildman–Crippen LogP) is 2.82. The smallest absolute Gasteiger partial charge is 0.416 e. The van der Waals surface area contributed by atoms with E-state index in [0.717, 1.165) is 12.1 Å². The van der Waals surface area contributed by atoms with Gasteiger partial charge in [-0.25, -0.2) is 10.2 Å². The van der Waals surface area contributed by atoms with Crippen molar-refractivity contribution in [3.05, 3.63) is 59.7 Å². The van der Waals surface area contributed by atoms with Gasteiger partial charge in [0.1, 0.15) is 5.75 Å². The summed E-state index contributed by atoms with van der Waals surface area (Å²) < 4.78 is 47.6. The van der Waals surface area contributed by atoms with Gasteiger partial charge in [-0.1, -0.05) is 6.07 Å². The Bertz CT molecular complexity index is 868. The second kappa shape index (κ2) is 10.1. The van der Waals surface area contributed by atoms with Crippen LogP contribution in [0.1, 0.15) is 11.1 Å². The lowest BCUT2D eigenvalue weighted by Crippen LogP contribution is -2.26. The first-order valence-electron chi connectivity index (χ1n) is 8.30. The summed E-state index contributed by atoms with van der Waals surface area (Å²) in [5, 5.41) is 6.37. The Hall–Kier alpha value is -3.56. The second-order valence-electron chi connectivity index (χ2n) is 5.66. The van der Waals surface area contributed by atoms with Gasteiger partial charge in [0.25, 0.3) is 5.91 Å². The number of esters is 1. The molecule has 0 unspecified atom stereocenters. The molecule has 0 heterocycles. The summed E-state index contributed by atoms with van der Waals surface area (Å²) in [6, 6.07) is 11.1. The van der Waals surface area contributed by atoms with Gasteiger partial charge in [-0.2, -0.15) is 18.3 Å². The molecule has 0 saturated carbocycles. The van der Waals surface area contributed by atoms with Crippen LogP contribution in [0.4, 0.5) is 18.9 Å². The molecule has 0 atom stereocenters. The third-order valence-electron chi connectivity index (χ3n) is 3.51. The van der Waals surface area contributed by atoms with Crippen molar-refractivity contribution in [2.24, 2.45) is 5.10 Å². The molecule has 0 bridgehead atoms. The van der Waals surface area contributed by atoms with Crippen molar-refractivity contribution in [3.8, 4) is 5.75 Å². The van der Waals surface area contributed by atoms with Crippen molar-refractivity contribution in [1.82, 2.24) is 5.43 Å². The largest absolute Gasteiger partial charge is 0.482 e. The topological polar surface area (TPSA) is 89.0 Å². The maximum Gasteiger partial charge on any atom is 0.416 e. The number of hydrazone groups is 1. The first kappa shape index (κ1) is 21.7. The maximum absolute atomic E-state index is 12.7. The number of halogens is 3. The standard InChI is InChI=1S/C19H18F3N3O4/c1-28-18(27)12-29-16-7-5-13(6-8-16)10-24-25-17(26)11-23-15-4-2-3-14(9-15)19(20,21)22/h2-10,23H,11-12H2,1H3,(H,25,26)/b24-10-. The summed E-state index contributed by atoms with van der Waals surface area (Å²) >= 11 is 0. The lowest BCUT2D eigenvalue weighted by Gasteiger charge is -2.10. The third kappa shape index (κ3) is 7.53. The number of ether oxygens (including phenoxy) is 2. The molecule has 10 heteroatoms. The zero-order valence-electron chi connectivity index (χ0n) is 15.3. The van der Waals surface area contributed by atoms with E-state index in [1.54, 1.807) is 24.3 Å². The highest BCUT2D eigenvalue weighted by Gasteiger charge is 2.30. The molecule has 2 aromatic carbocycles. The van der Waals surface area contributed by atoms with Gasteiger partial charge in [0.15, 0.2) is 6.61 Å². The van der Waals surface area contributed by atoms with Crippen molar-refractivity contribution in [1.29, 1.82) is 0 Å². The van der Waals surface area contributed by atoms with E-state index in [4.69, 9.17) is 4.74 Å². The first-order chi connectivity index (χ1) is 13.8. The van der Waals surface area contributed by atoms with Crippen LogP contribution < -0.4 is 15.5 Å². The normalized spacial score (nSPS) is 11.2. The van der Waals surface area contributed by atoms with E-state index in [-0.39, 0.29) is 18.8 Å². The molecule has 0 saturated heterocycles. The van der Waals surface area contributed by atoms with E-state index in [1.165, 1.54) is 25.5 Å². The monoisotopic (exact) mass is 409 g/mol. The molecule has 2 N–H and O–H groups in total. The minimum atomic E-state index is -4.45. The van der Waals surface area contributed by atoms with Crippen LogP contribution in [0.5, 0.6) is 5.75 Å². The summed E-state index contributed by atoms with van der Waals surface area (Å²) in [6.07, 6.45) is -3.07. The van der Waals surface area contributed by atoms with Crippen LogP contribution >= 0.6 is 0 Å². The number of hydrogen-bond acceptors (Lipinski definition) is 6. The summed E-state index contributed by atoms with van der Waals surface area (Å²) in [6.45, 7) is -0.460. The Morgan fingerprint density at radius 3 is 2.52 bits per heavy atom. The minimum Gasteiger partial charge on any atom is -0.482 e. The van der Waals surface area contributed by atoms with Crippen molar-refractivity contribution >= 4 is 23.8 Å². The van der Waals surface area contributed by atoms with Gasteiger partial charge in [-0.15, -0.1) is 0 Å². The van der Waals surface area contributed by atoms with Crippen LogP contribution in [0.3, 0.4) is 0 Å². The van der Waals surface area contributed by atoms with E-state index >= 15 is 0 Å². The SMILES string of the molecule is COC(=O)COc1ccc(/C=N\NC(=O)CNc2cccc(C(F)(F)F)c2)cc1. The lowest BCUT2D eigenvalue weighted by molar-refractivity contribution is -0.143. The van der Waals surface area contributed by atoms with Crippen LogP contribution in [0.25, 0.3) is 0 Å². The van der Waals surface area contributed by atoms with Gasteiger partial charge in [-0.3, -0.25) is 4.79 Å². The van der Waals surface area contributed by atoms with Crippen molar-refractivity contribution in [2.75, 3.05) is 25.6 Å². The lowest BCUT2D eigenvalue weighted by atomic mass is 10.2. The average Bonchev–Trinajstić information content (AvgIpc) is 2.71. The van der Waals surface area contributed by atoms with Crippen molar-refractivity contribution in [3.63, 3.8) is 0 Å². The molecule has 2 rings (SSSR count). The highest BCUT2D eigenvalue weighted by Crippen LogP contribution is 2.30. The van der Waals surface area contributed by atoms with Crippen LogP contribution in [-0.2, 0) is 20.5 Å². The van der Waals surface area contributed by atoms with E-state index in [9.17, 15) is 22.8 Å². The summed E-state index contributed by atoms with van der Waals surface area (Å²) in [4.78, 5) is 22.7. The molecule has 29 heavy (non-hydrogen) atoms. The first-order valence-corrected chi connectivity index (χ1v) is 8.30. The quantitative estimate of drug-likeness (QED) is 0.398. The third-order valence-corrected chi connectivity index (χ3v) is 3.51. The van der Waals surface area contributed by atoms with Crippen LogP contribution in [0.2, 0.25) is 0 Å². The van der Waals surface area contributed by atoms with Crippen LogP contribution in [0.15, 0.2) is 53.6 Å². The Morgan fingerprint density at radius 1 is 1.14 bits per heavy atom. The van der Waals surface area contributed by atoms with Crippen molar-refractivity contribution in [2.45, 2.75) is 6.18 Å². The molecule has 0 aliphatic carbocycles. The molecule has 0 aliphatic heterocycles. The molecule has 0 radical (unpaired) electrons. The molecule has 0 fully saturated rings. The Labute approximate surface area is 164 Å². The maximum atomic E-state index is 12.7. The number of rotatable bonds is 8. The number of nitrogens with zero attached hydrogens (tertiary/aromatic N) is 1.